The van der Waals surface area contributed by atoms with E-state index >= 15 is 0 Å². The number of ketones is 2. The molecule has 1 aliphatic carbocycles. The van der Waals surface area contributed by atoms with Crippen LogP contribution in [0.3, 0.4) is 0 Å². The van der Waals surface area contributed by atoms with Gasteiger partial charge < -0.3 is 14.2 Å². The van der Waals surface area contributed by atoms with Crippen LogP contribution in [0.25, 0.3) is 10.8 Å². The van der Waals surface area contributed by atoms with Gasteiger partial charge in [0.05, 0.1) is 26.4 Å². The van der Waals surface area contributed by atoms with Gasteiger partial charge >= 0.3 is 0 Å². The molecule has 5 nitrogen and oxygen atoms in total. The minimum absolute atomic E-state index is 0.0843. The molecule has 3 aromatic rings. The van der Waals surface area contributed by atoms with Crippen molar-refractivity contribution in [3.63, 3.8) is 0 Å². The molecule has 3 aromatic carbocycles. The first-order valence-corrected chi connectivity index (χ1v) is 13.3. The van der Waals surface area contributed by atoms with Crippen LogP contribution in [0.1, 0.15) is 44.1 Å². The molecule has 1 saturated carbocycles. The van der Waals surface area contributed by atoms with E-state index in [-0.39, 0.29) is 30.0 Å². The Bertz CT molecular complexity index is 1240. The summed E-state index contributed by atoms with van der Waals surface area (Å²) >= 11 is 1.66. The number of hydrogen-bond donors (Lipinski definition) is 0. The summed E-state index contributed by atoms with van der Waals surface area (Å²) in [6.07, 6.45) is 5.72. The molecular weight excluding hydrogens is 479 g/mol. The molecule has 0 saturated heterocycles. The van der Waals surface area contributed by atoms with Gasteiger partial charge in [-0.15, -0.1) is 0 Å². The van der Waals surface area contributed by atoms with Crippen LogP contribution in [0.2, 0.25) is 0 Å². The molecule has 4 rings (SSSR count). The number of methoxy groups -OCH3 is 2. The van der Waals surface area contributed by atoms with Gasteiger partial charge in [-0.1, -0.05) is 37.5 Å². The number of rotatable bonds is 11. The number of hydrogen-bond acceptors (Lipinski definition) is 6. The number of thioether (sulfide) groups is 1. The minimum atomic E-state index is -0.538. The Morgan fingerprint density at radius 3 is 2.39 bits per heavy atom. The average Bonchev–Trinajstić information content (AvgIpc) is 2.89. The van der Waals surface area contributed by atoms with Gasteiger partial charge in [0, 0.05) is 23.1 Å². The lowest BCUT2D eigenvalue weighted by atomic mass is 10.0. The molecule has 36 heavy (non-hydrogen) atoms. The van der Waals surface area contributed by atoms with Gasteiger partial charge in [0.25, 0.3) is 0 Å². The third-order valence-corrected chi connectivity index (χ3v) is 7.84. The molecule has 7 heteroatoms. The number of fused-ring (bicyclic) bond motifs is 1. The third-order valence-electron chi connectivity index (χ3n) is 6.41. The maximum atomic E-state index is 14.8. The highest BCUT2D eigenvalue weighted by Gasteiger charge is 2.18. The number of carbonyl (C=O) groups is 2. The van der Waals surface area contributed by atoms with Crippen LogP contribution in [-0.4, -0.2) is 36.8 Å². The van der Waals surface area contributed by atoms with Crippen molar-refractivity contribution in [2.24, 2.45) is 0 Å². The van der Waals surface area contributed by atoms with E-state index in [1.54, 1.807) is 44.2 Å². The molecule has 0 N–H and O–H groups in total. The fraction of sp³-hybridized carbons (Fsp3) is 0.379. The highest BCUT2D eigenvalue weighted by molar-refractivity contribution is 8.00. The van der Waals surface area contributed by atoms with E-state index in [1.165, 1.54) is 25.3 Å². The zero-order valence-corrected chi connectivity index (χ0v) is 21.5. The highest BCUT2D eigenvalue weighted by Crippen LogP contribution is 2.38. The lowest BCUT2D eigenvalue weighted by Gasteiger charge is -2.20. The Hall–Kier alpha value is -3.06. The Morgan fingerprint density at radius 1 is 0.917 bits per heavy atom. The molecule has 0 atom stereocenters. The van der Waals surface area contributed by atoms with Gasteiger partial charge in [0.2, 0.25) is 0 Å². The van der Waals surface area contributed by atoms with Crippen molar-refractivity contribution in [2.45, 2.75) is 50.2 Å². The SMILES string of the molecule is COc1cc2cccc(Oc3ccc(CC(=O)CC(=O)CSC4CCCCC4)c(F)c3)c2cc1OC. The van der Waals surface area contributed by atoms with Crippen LogP contribution < -0.4 is 14.2 Å². The Kier molecular flexibility index (Phi) is 8.86. The molecule has 1 aliphatic rings. The Morgan fingerprint density at radius 2 is 1.67 bits per heavy atom. The summed E-state index contributed by atoms with van der Waals surface area (Å²) in [5.41, 5.74) is 0.254. The largest absolute Gasteiger partial charge is 0.493 e. The standard InChI is InChI=1S/C29H31FO5S/c1-33-28-14-19-7-6-10-27(25(19)17-29(28)34-2)35-23-12-11-20(26(30)16-23)13-21(31)15-22(32)18-36-24-8-4-3-5-9-24/h6-7,10-12,14,16-17,24H,3-5,8-9,13,15,18H2,1-2H3. The monoisotopic (exact) mass is 510 g/mol. The summed E-state index contributed by atoms with van der Waals surface area (Å²) in [5.74, 6) is 1.48. The van der Waals surface area contributed by atoms with E-state index in [9.17, 15) is 14.0 Å². The maximum Gasteiger partial charge on any atom is 0.161 e. The van der Waals surface area contributed by atoms with E-state index in [2.05, 4.69) is 0 Å². The molecule has 0 radical (unpaired) electrons. The van der Waals surface area contributed by atoms with Gasteiger partial charge in [-0.3, -0.25) is 9.59 Å². The predicted molar refractivity (Wildman–Crippen MR) is 141 cm³/mol. The van der Waals surface area contributed by atoms with Crippen LogP contribution >= 0.6 is 11.8 Å². The number of benzene rings is 3. The van der Waals surface area contributed by atoms with Gasteiger partial charge in [-0.25, -0.2) is 4.39 Å². The molecule has 0 aromatic heterocycles. The van der Waals surface area contributed by atoms with Gasteiger partial charge in [-0.05, 0) is 48.1 Å². The summed E-state index contributed by atoms with van der Waals surface area (Å²) in [4.78, 5) is 24.7. The van der Waals surface area contributed by atoms with Crippen molar-refractivity contribution in [3.05, 3.63) is 59.9 Å². The van der Waals surface area contributed by atoms with Crippen LogP contribution in [0.15, 0.2) is 48.5 Å². The molecular formula is C29H31FO5S. The van der Waals surface area contributed by atoms with Gasteiger partial charge in [-0.2, -0.15) is 11.8 Å². The van der Waals surface area contributed by atoms with Gasteiger partial charge in [0.1, 0.15) is 28.9 Å². The predicted octanol–water partition coefficient (Wildman–Crippen LogP) is 6.93. The molecule has 0 bridgehead atoms. The van der Waals surface area contributed by atoms with E-state index in [4.69, 9.17) is 14.2 Å². The Balaban J connectivity index is 1.38. The van der Waals surface area contributed by atoms with Crippen molar-refractivity contribution in [2.75, 3.05) is 20.0 Å². The molecule has 1 fully saturated rings. The van der Waals surface area contributed by atoms with Crippen molar-refractivity contribution in [1.29, 1.82) is 0 Å². The van der Waals surface area contributed by atoms with E-state index in [0.717, 1.165) is 23.6 Å². The lowest BCUT2D eigenvalue weighted by molar-refractivity contribution is -0.125. The molecule has 0 aliphatic heterocycles. The third kappa shape index (κ3) is 6.58. The lowest BCUT2D eigenvalue weighted by Crippen LogP contribution is -2.16. The molecule has 0 amide bonds. The van der Waals surface area contributed by atoms with Crippen molar-refractivity contribution in [3.8, 4) is 23.0 Å². The van der Waals surface area contributed by atoms with E-state index in [0.29, 0.717) is 34.0 Å². The van der Waals surface area contributed by atoms with Crippen molar-refractivity contribution >= 4 is 34.1 Å². The number of Topliss-reactive ketones (excluding diaryl/α,β-unsaturated/α-hetero) is 2. The van der Waals surface area contributed by atoms with Crippen LogP contribution in [0.4, 0.5) is 4.39 Å². The molecule has 190 valence electrons. The fourth-order valence-electron chi connectivity index (χ4n) is 4.51. The smallest absolute Gasteiger partial charge is 0.161 e. The number of halogens is 1. The molecule has 0 heterocycles. The quantitative estimate of drug-likeness (QED) is 0.261. The zero-order valence-electron chi connectivity index (χ0n) is 20.7. The topological polar surface area (TPSA) is 61.8 Å². The first-order chi connectivity index (χ1) is 17.5. The Labute approximate surface area is 215 Å². The number of ether oxygens (including phenoxy) is 3. The maximum absolute atomic E-state index is 14.8. The second kappa shape index (κ2) is 12.3. The molecule has 0 unspecified atom stereocenters. The second-order valence-electron chi connectivity index (χ2n) is 9.04. The van der Waals surface area contributed by atoms with Crippen LogP contribution in [-0.2, 0) is 16.0 Å². The first kappa shape index (κ1) is 26.0. The second-order valence-corrected chi connectivity index (χ2v) is 10.3. The number of carbonyl (C=O) groups excluding carboxylic acids is 2. The summed E-state index contributed by atoms with van der Waals surface area (Å²) in [7, 11) is 3.14. The minimum Gasteiger partial charge on any atom is -0.493 e. The summed E-state index contributed by atoms with van der Waals surface area (Å²) < 4.78 is 31.6. The average molecular weight is 511 g/mol. The fourth-order valence-corrected chi connectivity index (χ4v) is 5.70. The molecule has 0 spiro atoms. The zero-order chi connectivity index (χ0) is 25.5. The van der Waals surface area contributed by atoms with Crippen LogP contribution in [0.5, 0.6) is 23.0 Å². The highest BCUT2D eigenvalue weighted by atomic mass is 32.2. The summed E-state index contributed by atoms with van der Waals surface area (Å²) in [5, 5.41) is 2.20. The summed E-state index contributed by atoms with van der Waals surface area (Å²) in [6, 6.07) is 13.7. The van der Waals surface area contributed by atoms with Crippen molar-refractivity contribution in [1.82, 2.24) is 0 Å². The first-order valence-electron chi connectivity index (χ1n) is 12.2. The van der Waals surface area contributed by atoms with Crippen LogP contribution in [0, 0.1) is 5.82 Å². The normalized spacial score (nSPS) is 14.0. The van der Waals surface area contributed by atoms with Crippen molar-refractivity contribution < 1.29 is 28.2 Å². The summed E-state index contributed by atoms with van der Waals surface area (Å²) in [6.45, 7) is 0. The van der Waals surface area contributed by atoms with E-state index in [1.807, 2.05) is 24.3 Å². The van der Waals surface area contributed by atoms with E-state index < -0.39 is 5.82 Å². The van der Waals surface area contributed by atoms with Gasteiger partial charge in [0.15, 0.2) is 11.5 Å².